The molecule has 0 bridgehead atoms. The lowest BCUT2D eigenvalue weighted by Crippen LogP contribution is -2.35. The van der Waals surface area contributed by atoms with Gasteiger partial charge in [0, 0.05) is 5.41 Å². The average Bonchev–Trinajstić information content (AvgIpc) is 2.24. The van der Waals surface area contributed by atoms with Crippen molar-refractivity contribution in [1.82, 2.24) is 4.72 Å². The summed E-state index contributed by atoms with van der Waals surface area (Å²) in [6.45, 7) is 8.76. The maximum absolute atomic E-state index is 12.1. The summed E-state index contributed by atoms with van der Waals surface area (Å²) >= 11 is 0. The minimum absolute atomic E-state index is 0.138. The highest BCUT2D eigenvalue weighted by Gasteiger charge is 2.24. The maximum atomic E-state index is 12.1. The molecule has 0 fully saturated rings. The number of rotatable bonds is 4. The third-order valence-electron chi connectivity index (χ3n) is 2.88. The van der Waals surface area contributed by atoms with Crippen LogP contribution in [0.5, 0.6) is 0 Å². The Kier molecular flexibility index (Phi) is 4.53. The first-order valence-electron chi connectivity index (χ1n) is 6.14. The number of ketones is 1. The van der Waals surface area contributed by atoms with E-state index in [-0.39, 0.29) is 17.2 Å². The highest BCUT2D eigenvalue weighted by Crippen LogP contribution is 2.17. The molecule has 5 heteroatoms. The molecule has 1 aromatic rings. The van der Waals surface area contributed by atoms with E-state index in [1.807, 2.05) is 6.92 Å². The normalized spacial score (nSPS) is 12.5. The van der Waals surface area contributed by atoms with Crippen LogP contribution in [0.15, 0.2) is 23.1 Å². The third kappa shape index (κ3) is 4.14. The molecule has 0 amide bonds. The molecular formula is C14H21NO3S. The van der Waals surface area contributed by atoms with Gasteiger partial charge in [0.05, 0.1) is 11.4 Å². The van der Waals surface area contributed by atoms with Crippen molar-refractivity contribution < 1.29 is 13.2 Å². The van der Waals surface area contributed by atoms with Crippen molar-refractivity contribution in [2.24, 2.45) is 5.41 Å². The molecule has 106 valence electrons. The van der Waals surface area contributed by atoms with E-state index in [2.05, 4.69) is 4.72 Å². The molecular weight excluding hydrogens is 262 g/mol. The van der Waals surface area contributed by atoms with Crippen LogP contribution in [-0.4, -0.2) is 20.7 Å². The molecule has 0 saturated heterocycles. The number of benzene rings is 1. The Bertz CT molecular complexity index is 583. The molecule has 0 heterocycles. The zero-order chi connectivity index (χ0) is 14.8. The Labute approximate surface area is 115 Å². The lowest BCUT2D eigenvalue weighted by molar-refractivity contribution is -0.125. The predicted octanol–water partition coefficient (Wildman–Crippen LogP) is 2.20. The first-order chi connectivity index (χ1) is 8.54. The molecule has 0 aliphatic carbocycles. The Morgan fingerprint density at radius 2 is 1.79 bits per heavy atom. The van der Waals surface area contributed by atoms with Gasteiger partial charge in [-0.25, -0.2) is 13.1 Å². The van der Waals surface area contributed by atoms with E-state index in [0.29, 0.717) is 5.56 Å². The quantitative estimate of drug-likeness (QED) is 0.921. The molecule has 0 aliphatic heterocycles. The summed E-state index contributed by atoms with van der Waals surface area (Å²) in [5, 5.41) is 0. The first kappa shape index (κ1) is 15.9. The van der Waals surface area contributed by atoms with Gasteiger partial charge in [-0.3, -0.25) is 4.79 Å². The van der Waals surface area contributed by atoms with E-state index < -0.39 is 15.4 Å². The van der Waals surface area contributed by atoms with E-state index in [1.165, 1.54) is 0 Å². The number of hydrogen-bond donors (Lipinski definition) is 1. The number of aryl methyl sites for hydroxylation is 2. The summed E-state index contributed by atoms with van der Waals surface area (Å²) in [4.78, 5) is 12.0. The molecule has 1 rings (SSSR count). The minimum atomic E-state index is -3.63. The lowest BCUT2D eigenvalue weighted by atomic mass is 9.91. The molecule has 0 aromatic heterocycles. The van der Waals surface area contributed by atoms with E-state index in [4.69, 9.17) is 0 Å². The molecule has 1 N–H and O–H groups in total. The Hall–Kier alpha value is -1.20. The molecule has 0 aliphatic rings. The summed E-state index contributed by atoms with van der Waals surface area (Å²) in [5.74, 6) is -0.138. The lowest BCUT2D eigenvalue weighted by Gasteiger charge is -2.17. The summed E-state index contributed by atoms with van der Waals surface area (Å²) in [6.07, 6.45) is 0. The fraction of sp³-hybridized carbons (Fsp3) is 0.500. The van der Waals surface area contributed by atoms with Crippen molar-refractivity contribution in [3.63, 3.8) is 0 Å². The summed E-state index contributed by atoms with van der Waals surface area (Å²) < 4.78 is 26.6. The molecule has 4 nitrogen and oxygen atoms in total. The number of sulfonamides is 1. The Balaban J connectivity index is 2.91. The van der Waals surface area contributed by atoms with Crippen LogP contribution in [0.3, 0.4) is 0 Å². The first-order valence-corrected chi connectivity index (χ1v) is 7.62. The molecule has 0 atom stereocenters. The highest BCUT2D eigenvalue weighted by molar-refractivity contribution is 7.89. The zero-order valence-corrected chi connectivity index (χ0v) is 12.9. The van der Waals surface area contributed by atoms with Gasteiger partial charge in [-0.15, -0.1) is 0 Å². The van der Waals surface area contributed by atoms with Crippen LogP contribution in [0.2, 0.25) is 0 Å². The standard InChI is InChI=1S/C14H21NO3S/c1-10-6-7-12(11(2)8-10)19(17,18)15-9-13(16)14(3,4)5/h6-8,15H,9H2,1-5H3. The summed E-state index contributed by atoms with van der Waals surface area (Å²) in [5.41, 5.74) is 1.13. The van der Waals surface area contributed by atoms with Crippen molar-refractivity contribution in [2.75, 3.05) is 6.54 Å². The molecule has 0 unspecified atom stereocenters. The van der Waals surface area contributed by atoms with Gasteiger partial charge in [-0.2, -0.15) is 0 Å². The number of carbonyl (C=O) groups excluding carboxylic acids is 1. The minimum Gasteiger partial charge on any atom is -0.298 e. The van der Waals surface area contributed by atoms with Crippen LogP contribution in [0.25, 0.3) is 0 Å². The van der Waals surface area contributed by atoms with Crippen LogP contribution in [0, 0.1) is 19.3 Å². The smallest absolute Gasteiger partial charge is 0.241 e. The van der Waals surface area contributed by atoms with E-state index in [9.17, 15) is 13.2 Å². The molecule has 0 spiro atoms. The topological polar surface area (TPSA) is 63.2 Å². The second kappa shape index (κ2) is 5.43. The van der Waals surface area contributed by atoms with Gasteiger partial charge in [0.25, 0.3) is 0 Å². The van der Waals surface area contributed by atoms with Gasteiger partial charge in [0.15, 0.2) is 5.78 Å². The van der Waals surface area contributed by atoms with Crippen molar-refractivity contribution in [1.29, 1.82) is 0 Å². The van der Waals surface area contributed by atoms with Crippen molar-refractivity contribution in [3.8, 4) is 0 Å². The Morgan fingerprint density at radius 3 is 2.26 bits per heavy atom. The van der Waals surface area contributed by atoms with Crippen LogP contribution in [0.4, 0.5) is 0 Å². The predicted molar refractivity (Wildman–Crippen MR) is 75.6 cm³/mol. The summed E-state index contributed by atoms with van der Waals surface area (Å²) in [6, 6.07) is 5.11. The monoisotopic (exact) mass is 283 g/mol. The summed E-state index contributed by atoms with van der Waals surface area (Å²) in [7, 11) is -3.63. The SMILES string of the molecule is Cc1ccc(S(=O)(=O)NCC(=O)C(C)(C)C)c(C)c1. The van der Waals surface area contributed by atoms with Crippen molar-refractivity contribution in [3.05, 3.63) is 29.3 Å². The van der Waals surface area contributed by atoms with Gasteiger partial charge in [-0.05, 0) is 25.5 Å². The zero-order valence-electron chi connectivity index (χ0n) is 12.1. The van der Waals surface area contributed by atoms with Crippen LogP contribution in [0.1, 0.15) is 31.9 Å². The molecule has 0 saturated carbocycles. The van der Waals surface area contributed by atoms with Crippen molar-refractivity contribution in [2.45, 2.75) is 39.5 Å². The van der Waals surface area contributed by atoms with Gasteiger partial charge in [-0.1, -0.05) is 38.5 Å². The van der Waals surface area contributed by atoms with E-state index in [0.717, 1.165) is 5.56 Å². The van der Waals surface area contributed by atoms with Gasteiger partial charge >= 0.3 is 0 Å². The van der Waals surface area contributed by atoms with Crippen LogP contribution >= 0.6 is 0 Å². The van der Waals surface area contributed by atoms with Crippen LogP contribution < -0.4 is 4.72 Å². The molecule has 0 radical (unpaired) electrons. The number of nitrogens with one attached hydrogen (secondary N) is 1. The van der Waals surface area contributed by atoms with Gasteiger partial charge in [0.2, 0.25) is 10.0 Å². The van der Waals surface area contributed by atoms with Crippen LogP contribution in [-0.2, 0) is 14.8 Å². The number of hydrogen-bond acceptors (Lipinski definition) is 3. The Morgan fingerprint density at radius 1 is 1.21 bits per heavy atom. The second-order valence-electron chi connectivity index (χ2n) is 5.77. The highest BCUT2D eigenvalue weighted by atomic mass is 32.2. The van der Waals surface area contributed by atoms with Gasteiger partial charge in [0.1, 0.15) is 0 Å². The maximum Gasteiger partial charge on any atom is 0.241 e. The number of carbonyl (C=O) groups is 1. The van der Waals surface area contributed by atoms with E-state index in [1.54, 1.807) is 45.9 Å². The molecule has 1 aromatic carbocycles. The van der Waals surface area contributed by atoms with E-state index >= 15 is 0 Å². The molecule has 19 heavy (non-hydrogen) atoms. The third-order valence-corrected chi connectivity index (χ3v) is 4.44. The average molecular weight is 283 g/mol. The fourth-order valence-corrected chi connectivity index (χ4v) is 2.81. The second-order valence-corrected chi connectivity index (χ2v) is 7.50. The number of Topliss-reactive ketones (excluding diaryl/α,β-unsaturated/α-hetero) is 1. The fourth-order valence-electron chi connectivity index (χ4n) is 1.60. The van der Waals surface area contributed by atoms with Gasteiger partial charge < -0.3 is 0 Å². The van der Waals surface area contributed by atoms with Crippen molar-refractivity contribution >= 4 is 15.8 Å². The largest absolute Gasteiger partial charge is 0.298 e.